The van der Waals surface area contributed by atoms with E-state index in [1.54, 1.807) is 0 Å². The highest BCUT2D eigenvalue weighted by Gasteiger charge is 2.32. The Morgan fingerprint density at radius 1 is 0.615 bits per heavy atom. The van der Waals surface area contributed by atoms with Gasteiger partial charge in [0, 0.05) is 11.1 Å². The fourth-order valence-electron chi connectivity index (χ4n) is 4.25. The number of benzene rings is 4. The normalized spacial score (nSPS) is 11.7. The first-order chi connectivity index (χ1) is 12.6. The fraction of sp³-hybridized carbons (Fsp3) is 0. The van der Waals surface area contributed by atoms with Gasteiger partial charge in [0.25, 0.3) is 0 Å². The summed E-state index contributed by atoms with van der Waals surface area (Å²) in [5, 5.41) is 3.37. The predicted molar refractivity (Wildman–Crippen MR) is 103 cm³/mol. The number of rotatable bonds is 2. The lowest BCUT2D eigenvalue weighted by atomic mass is 9.87. The van der Waals surface area contributed by atoms with Crippen LogP contribution in [-0.2, 0) is 0 Å². The van der Waals surface area contributed by atoms with Crippen LogP contribution in [0.3, 0.4) is 0 Å². The molecule has 0 saturated heterocycles. The van der Waals surface area contributed by atoms with Crippen molar-refractivity contribution in [3.63, 3.8) is 0 Å². The number of nitrogens with two attached hydrogens (primary N) is 2. The summed E-state index contributed by atoms with van der Waals surface area (Å²) in [5.41, 5.74) is 15.7. The predicted octanol–water partition coefficient (Wildman–Crippen LogP) is 3.84. The average Bonchev–Trinajstić information content (AvgIpc) is 2.95. The first-order valence-electron chi connectivity index (χ1n) is 8.30. The molecule has 5 rings (SSSR count). The second kappa shape index (κ2) is 4.92. The molecule has 0 heterocycles. The number of carbonyl (C=O) groups is 2. The molecule has 0 spiro atoms. The van der Waals surface area contributed by atoms with Crippen molar-refractivity contribution in [2.45, 2.75) is 0 Å². The van der Waals surface area contributed by atoms with Gasteiger partial charge in [-0.15, -0.1) is 0 Å². The molecular formula is C22H14N2O2. The summed E-state index contributed by atoms with van der Waals surface area (Å²) < 4.78 is 0. The van der Waals surface area contributed by atoms with Gasteiger partial charge in [0.15, 0.2) is 0 Å². The van der Waals surface area contributed by atoms with Gasteiger partial charge in [-0.2, -0.15) is 0 Å². The minimum absolute atomic E-state index is 0.435. The molecule has 124 valence electrons. The molecule has 0 fully saturated rings. The van der Waals surface area contributed by atoms with E-state index < -0.39 is 11.8 Å². The van der Waals surface area contributed by atoms with Gasteiger partial charge < -0.3 is 11.5 Å². The maximum absolute atomic E-state index is 12.4. The molecule has 0 unspecified atom stereocenters. The van der Waals surface area contributed by atoms with E-state index in [1.807, 2.05) is 60.7 Å². The number of hydrogen-bond acceptors (Lipinski definition) is 2. The minimum atomic E-state index is -0.515. The second-order valence-electron chi connectivity index (χ2n) is 6.48. The van der Waals surface area contributed by atoms with Crippen molar-refractivity contribution >= 4 is 33.4 Å². The van der Waals surface area contributed by atoms with Gasteiger partial charge >= 0.3 is 0 Å². The zero-order valence-electron chi connectivity index (χ0n) is 13.7. The quantitative estimate of drug-likeness (QED) is 0.512. The Balaban J connectivity index is 2.14. The molecule has 0 radical (unpaired) electrons. The van der Waals surface area contributed by atoms with E-state index in [0.29, 0.717) is 33.0 Å². The van der Waals surface area contributed by atoms with Gasteiger partial charge in [-0.05, 0) is 32.7 Å². The summed E-state index contributed by atoms with van der Waals surface area (Å²) in [5.74, 6) is -1.03. The Hall–Kier alpha value is -3.66. The summed E-state index contributed by atoms with van der Waals surface area (Å²) in [4.78, 5) is 24.9. The molecule has 4 nitrogen and oxygen atoms in total. The van der Waals surface area contributed by atoms with E-state index in [1.165, 1.54) is 0 Å². The summed E-state index contributed by atoms with van der Waals surface area (Å²) in [7, 11) is 0. The van der Waals surface area contributed by atoms with Gasteiger partial charge in [0.1, 0.15) is 0 Å². The Labute approximate surface area is 149 Å². The van der Waals surface area contributed by atoms with Crippen molar-refractivity contribution in [1.29, 1.82) is 0 Å². The molecule has 4 heteroatoms. The van der Waals surface area contributed by atoms with Crippen LogP contribution >= 0.6 is 0 Å². The Morgan fingerprint density at radius 2 is 1.08 bits per heavy atom. The Kier molecular flexibility index (Phi) is 2.78. The summed E-state index contributed by atoms with van der Waals surface area (Å²) >= 11 is 0. The lowest BCUT2D eigenvalue weighted by Crippen LogP contribution is -2.18. The van der Waals surface area contributed by atoms with Crippen LogP contribution in [0.1, 0.15) is 20.7 Å². The number of hydrogen-bond donors (Lipinski definition) is 2. The summed E-state index contributed by atoms with van der Waals surface area (Å²) in [6.07, 6.45) is 0. The maximum Gasteiger partial charge on any atom is 0.249 e. The van der Waals surface area contributed by atoms with Crippen LogP contribution in [-0.4, -0.2) is 11.8 Å². The molecule has 0 aliphatic heterocycles. The summed E-state index contributed by atoms with van der Waals surface area (Å²) in [6, 6.07) is 19.1. The van der Waals surface area contributed by atoms with Crippen LogP contribution in [0, 0.1) is 0 Å². The first-order valence-corrected chi connectivity index (χ1v) is 8.30. The second-order valence-corrected chi connectivity index (χ2v) is 6.48. The molecule has 1 aliphatic rings. The Bertz CT molecular complexity index is 1190. The smallest absolute Gasteiger partial charge is 0.249 e. The van der Waals surface area contributed by atoms with E-state index in [4.69, 9.17) is 11.5 Å². The van der Waals surface area contributed by atoms with Crippen LogP contribution in [0.2, 0.25) is 0 Å². The maximum atomic E-state index is 12.4. The van der Waals surface area contributed by atoms with E-state index in [0.717, 1.165) is 21.9 Å². The fourth-order valence-corrected chi connectivity index (χ4v) is 4.25. The molecule has 1 aliphatic carbocycles. The topological polar surface area (TPSA) is 86.2 Å². The van der Waals surface area contributed by atoms with Crippen molar-refractivity contribution in [1.82, 2.24) is 0 Å². The van der Waals surface area contributed by atoms with E-state index in [-0.39, 0.29) is 0 Å². The van der Waals surface area contributed by atoms with Gasteiger partial charge in [-0.3, -0.25) is 9.59 Å². The van der Waals surface area contributed by atoms with Crippen LogP contribution in [0.4, 0.5) is 0 Å². The molecule has 0 saturated carbocycles. The lowest BCUT2D eigenvalue weighted by Gasteiger charge is -2.16. The zero-order chi connectivity index (χ0) is 18.0. The van der Waals surface area contributed by atoms with E-state index in [2.05, 4.69) is 0 Å². The van der Waals surface area contributed by atoms with Gasteiger partial charge in [0.05, 0.1) is 11.1 Å². The third kappa shape index (κ3) is 1.68. The highest BCUT2D eigenvalue weighted by molar-refractivity contribution is 6.29. The number of primary amides is 2. The van der Waals surface area contributed by atoms with Crippen LogP contribution in [0.15, 0.2) is 60.7 Å². The minimum Gasteiger partial charge on any atom is -0.366 e. The third-order valence-corrected chi connectivity index (χ3v) is 5.15. The molecular weight excluding hydrogens is 324 g/mol. The molecule has 4 N–H and O–H groups in total. The summed E-state index contributed by atoms with van der Waals surface area (Å²) in [6.45, 7) is 0. The number of fused-ring (bicyclic) bond motifs is 4. The largest absolute Gasteiger partial charge is 0.366 e. The molecule has 4 aromatic carbocycles. The molecule has 26 heavy (non-hydrogen) atoms. The number of carbonyl (C=O) groups excluding carboxylic acids is 2. The molecule has 0 atom stereocenters. The standard InChI is InChI=1S/C22H14N2O2/c23-21(25)19-12-7-1-2-8-13(12)20(22(24)26)18-15-10-4-6-11-5-3-9-14(16(11)15)17(18)19/h1-10H,(H2,23,25)(H2,24,26). The van der Waals surface area contributed by atoms with Crippen molar-refractivity contribution in [2.24, 2.45) is 11.5 Å². The van der Waals surface area contributed by atoms with E-state index in [9.17, 15) is 9.59 Å². The van der Waals surface area contributed by atoms with Crippen LogP contribution < -0.4 is 11.5 Å². The van der Waals surface area contributed by atoms with Crippen LogP contribution in [0.5, 0.6) is 0 Å². The monoisotopic (exact) mass is 338 g/mol. The molecule has 2 amide bonds. The van der Waals surface area contributed by atoms with E-state index >= 15 is 0 Å². The highest BCUT2D eigenvalue weighted by Crippen LogP contribution is 2.52. The van der Waals surface area contributed by atoms with Crippen molar-refractivity contribution < 1.29 is 9.59 Å². The molecule has 4 aromatic rings. The average molecular weight is 338 g/mol. The SMILES string of the molecule is NC(=O)c1c2c(c(C(N)=O)c3ccccc13)-c1cccc3cccc-2c13. The molecule has 0 bridgehead atoms. The number of amides is 2. The van der Waals surface area contributed by atoms with Gasteiger partial charge in [0.2, 0.25) is 11.8 Å². The lowest BCUT2D eigenvalue weighted by molar-refractivity contribution is 0.0991. The van der Waals surface area contributed by atoms with Crippen LogP contribution in [0.25, 0.3) is 43.8 Å². The zero-order valence-corrected chi connectivity index (χ0v) is 13.7. The van der Waals surface area contributed by atoms with Crippen molar-refractivity contribution in [2.75, 3.05) is 0 Å². The van der Waals surface area contributed by atoms with Gasteiger partial charge in [-0.25, -0.2) is 0 Å². The van der Waals surface area contributed by atoms with Crippen molar-refractivity contribution in [3.05, 3.63) is 71.8 Å². The Morgan fingerprint density at radius 3 is 1.50 bits per heavy atom. The highest BCUT2D eigenvalue weighted by atomic mass is 16.1. The third-order valence-electron chi connectivity index (χ3n) is 5.15. The molecule has 0 aromatic heterocycles. The van der Waals surface area contributed by atoms with Gasteiger partial charge in [-0.1, -0.05) is 60.7 Å². The van der Waals surface area contributed by atoms with Crippen molar-refractivity contribution in [3.8, 4) is 22.3 Å². The first kappa shape index (κ1) is 14.7.